The van der Waals surface area contributed by atoms with Crippen LogP contribution in [0.5, 0.6) is 0 Å². The SMILES string of the molecule is COCCn1ncc(Br)c1C(=O)c1cc(C)ccc1N. The summed E-state index contributed by atoms with van der Waals surface area (Å²) in [4.78, 5) is 12.7. The molecule has 0 saturated heterocycles. The molecule has 1 heterocycles. The van der Waals surface area contributed by atoms with E-state index in [4.69, 9.17) is 10.5 Å². The van der Waals surface area contributed by atoms with E-state index >= 15 is 0 Å². The molecule has 0 atom stereocenters. The van der Waals surface area contributed by atoms with Gasteiger partial charge >= 0.3 is 0 Å². The van der Waals surface area contributed by atoms with Crippen LogP contribution in [0.3, 0.4) is 0 Å². The third kappa shape index (κ3) is 2.91. The Hall–Kier alpha value is -1.66. The first-order valence-corrected chi connectivity index (χ1v) is 6.95. The second-order valence-electron chi connectivity index (χ2n) is 4.48. The Labute approximate surface area is 125 Å². The number of carbonyl (C=O) groups is 1. The van der Waals surface area contributed by atoms with Crippen LogP contribution >= 0.6 is 15.9 Å². The molecule has 1 aromatic carbocycles. The van der Waals surface area contributed by atoms with E-state index in [0.29, 0.717) is 34.6 Å². The van der Waals surface area contributed by atoms with Crippen LogP contribution in [0.15, 0.2) is 28.9 Å². The van der Waals surface area contributed by atoms with Gasteiger partial charge in [-0.1, -0.05) is 11.6 Å². The van der Waals surface area contributed by atoms with Crippen molar-refractivity contribution in [1.82, 2.24) is 9.78 Å². The number of methoxy groups -OCH3 is 1. The Morgan fingerprint density at radius 1 is 1.50 bits per heavy atom. The van der Waals surface area contributed by atoms with E-state index in [2.05, 4.69) is 21.0 Å². The van der Waals surface area contributed by atoms with Gasteiger partial charge in [0.25, 0.3) is 0 Å². The summed E-state index contributed by atoms with van der Waals surface area (Å²) < 4.78 is 7.30. The van der Waals surface area contributed by atoms with E-state index in [-0.39, 0.29) is 5.78 Å². The molecule has 0 aliphatic rings. The minimum absolute atomic E-state index is 0.147. The summed E-state index contributed by atoms with van der Waals surface area (Å²) in [5.41, 5.74) is 8.33. The first kappa shape index (κ1) is 14.7. The van der Waals surface area contributed by atoms with Gasteiger partial charge in [-0.05, 0) is 35.0 Å². The Morgan fingerprint density at radius 2 is 2.25 bits per heavy atom. The number of hydrogen-bond acceptors (Lipinski definition) is 4. The number of ketones is 1. The summed E-state index contributed by atoms with van der Waals surface area (Å²) in [5, 5.41) is 4.18. The lowest BCUT2D eigenvalue weighted by atomic mass is 10.0. The van der Waals surface area contributed by atoms with Crippen molar-refractivity contribution < 1.29 is 9.53 Å². The number of benzene rings is 1. The molecule has 106 valence electrons. The van der Waals surface area contributed by atoms with Gasteiger partial charge in [0.1, 0.15) is 5.69 Å². The van der Waals surface area contributed by atoms with Crippen molar-refractivity contribution in [3.63, 3.8) is 0 Å². The molecule has 0 bridgehead atoms. The van der Waals surface area contributed by atoms with Crippen LogP contribution < -0.4 is 5.73 Å². The summed E-state index contributed by atoms with van der Waals surface area (Å²) in [6.07, 6.45) is 1.61. The average Bonchev–Trinajstić information content (AvgIpc) is 2.79. The summed E-state index contributed by atoms with van der Waals surface area (Å²) in [6.45, 7) is 2.92. The Morgan fingerprint density at radius 3 is 2.95 bits per heavy atom. The number of ether oxygens (including phenoxy) is 1. The molecular weight excluding hydrogens is 322 g/mol. The van der Waals surface area contributed by atoms with Crippen molar-refractivity contribution in [3.8, 4) is 0 Å². The summed E-state index contributed by atoms with van der Waals surface area (Å²) in [7, 11) is 1.61. The van der Waals surface area contributed by atoms with Crippen LogP contribution in [0.4, 0.5) is 5.69 Å². The summed E-state index contributed by atoms with van der Waals surface area (Å²) >= 11 is 3.36. The first-order valence-electron chi connectivity index (χ1n) is 6.15. The second kappa shape index (κ2) is 6.19. The molecule has 0 aliphatic carbocycles. The fourth-order valence-corrected chi connectivity index (χ4v) is 2.41. The zero-order valence-corrected chi connectivity index (χ0v) is 13.0. The molecular formula is C14H16BrN3O2. The highest BCUT2D eigenvalue weighted by molar-refractivity contribution is 9.10. The highest BCUT2D eigenvalue weighted by Crippen LogP contribution is 2.23. The van der Waals surface area contributed by atoms with Gasteiger partial charge in [0.2, 0.25) is 5.78 Å². The maximum atomic E-state index is 12.7. The highest BCUT2D eigenvalue weighted by atomic mass is 79.9. The average molecular weight is 338 g/mol. The fraction of sp³-hybridized carbons (Fsp3) is 0.286. The lowest BCUT2D eigenvalue weighted by molar-refractivity contribution is 0.102. The van der Waals surface area contributed by atoms with Crippen molar-refractivity contribution in [1.29, 1.82) is 0 Å². The lowest BCUT2D eigenvalue weighted by Gasteiger charge is -2.09. The Balaban J connectivity index is 2.42. The molecule has 0 spiro atoms. The summed E-state index contributed by atoms with van der Waals surface area (Å²) in [6, 6.07) is 5.41. The van der Waals surface area contributed by atoms with Gasteiger partial charge in [-0.15, -0.1) is 0 Å². The van der Waals surface area contributed by atoms with E-state index in [9.17, 15) is 4.79 Å². The van der Waals surface area contributed by atoms with Crippen molar-refractivity contribution in [3.05, 3.63) is 45.7 Å². The predicted molar refractivity (Wildman–Crippen MR) is 80.8 cm³/mol. The number of nitrogens with two attached hydrogens (primary N) is 1. The molecule has 1 aromatic heterocycles. The van der Waals surface area contributed by atoms with Crippen LogP contribution in [0.25, 0.3) is 0 Å². The molecule has 0 aliphatic heterocycles. The zero-order valence-electron chi connectivity index (χ0n) is 11.4. The van der Waals surface area contributed by atoms with E-state index in [1.165, 1.54) is 0 Å². The van der Waals surface area contributed by atoms with Crippen molar-refractivity contribution in [2.45, 2.75) is 13.5 Å². The molecule has 0 radical (unpaired) electrons. The van der Waals surface area contributed by atoms with Crippen LogP contribution in [-0.4, -0.2) is 29.3 Å². The predicted octanol–water partition coefficient (Wildman–Crippen LogP) is 2.41. The van der Waals surface area contributed by atoms with E-state index in [1.807, 2.05) is 13.0 Å². The number of aromatic nitrogens is 2. The third-order valence-corrected chi connectivity index (χ3v) is 3.55. The van der Waals surface area contributed by atoms with Crippen molar-refractivity contribution in [2.75, 3.05) is 19.5 Å². The second-order valence-corrected chi connectivity index (χ2v) is 5.33. The molecule has 20 heavy (non-hydrogen) atoms. The van der Waals surface area contributed by atoms with Crippen LogP contribution in [0.2, 0.25) is 0 Å². The fourth-order valence-electron chi connectivity index (χ4n) is 1.93. The summed E-state index contributed by atoms with van der Waals surface area (Å²) in [5.74, 6) is -0.147. The first-order chi connectivity index (χ1) is 9.54. The van der Waals surface area contributed by atoms with Gasteiger partial charge < -0.3 is 10.5 Å². The zero-order chi connectivity index (χ0) is 14.7. The van der Waals surface area contributed by atoms with Crippen LogP contribution in [-0.2, 0) is 11.3 Å². The molecule has 0 amide bonds. The lowest BCUT2D eigenvalue weighted by Crippen LogP contribution is -2.16. The van der Waals surface area contributed by atoms with Crippen molar-refractivity contribution in [2.24, 2.45) is 0 Å². The molecule has 5 nitrogen and oxygen atoms in total. The number of nitrogen functional groups attached to an aromatic ring is 1. The molecule has 2 N–H and O–H groups in total. The van der Waals surface area contributed by atoms with E-state index < -0.39 is 0 Å². The van der Waals surface area contributed by atoms with Gasteiger partial charge in [0.05, 0.1) is 23.8 Å². The maximum Gasteiger partial charge on any atom is 0.214 e. The van der Waals surface area contributed by atoms with Crippen LogP contribution in [0.1, 0.15) is 21.6 Å². The molecule has 2 aromatic rings. The standard InChI is InChI=1S/C14H16BrN3O2/c1-9-3-4-12(16)10(7-9)14(19)13-11(15)8-17-18(13)5-6-20-2/h3-4,7-8H,5-6,16H2,1-2H3. The number of nitrogens with zero attached hydrogens (tertiary/aromatic N) is 2. The molecule has 0 saturated carbocycles. The van der Waals surface area contributed by atoms with Crippen molar-refractivity contribution >= 4 is 27.4 Å². The molecule has 6 heteroatoms. The number of hydrogen-bond donors (Lipinski definition) is 1. The van der Waals surface area contributed by atoms with Gasteiger partial charge in [0, 0.05) is 18.4 Å². The normalized spacial score (nSPS) is 10.8. The minimum Gasteiger partial charge on any atom is -0.398 e. The van der Waals surface area contributed by atoms with Crippen LogP contribution in [0, 0.1) is 6.92 Å². The van der Waals surface area contributed by atoms with E-state index in [1.54, 1.807) is 30.1 Å². The number of anilines is 1. The number of carbonyl (C=O) groups excluding carboxylic acids is 1. The third-order valence-electron chi connectivity index (χ3n) is 2.97. The van der Waals surface area contributed by atoms with Gasteiger partial charge in [-0.3, -0.25) is 9.48 Å². The quantitative estimate of drug-likeness (QED) is 0.671. The molecule has 0 fully saturated rings. The van der Waals surface area contributed by atoms with Gasteiger partial charge in [-0.2, -0.15) is 5.10 Å². The number of rotatable bonds is 5. The monoisotopic (exact) mass is 337 g/mol. The highest BCUT2D eigenvalue weighted by Gasteiger charge is 2.20. The smallest absolute Gasteiger partial charge is 0.214 e. The maximum absolute atomic E-state index is 12.7. The number of halogens is 1. The number of aryl methyl sites for hydroxylation is 1. The largest absolute Gasteiger partial charge is 0.398 e. The van der Waals surface area contributed by atoms with Gasteiger partial charge in [-0.25, -0.2) is 0 Å². The topological polar surface area (TPSA) is 70.1 Å². The Bertz CT molecular complexity index is 637. The Kier molecular flexibility index (Phi) is 4.57. The van der Waals surface area contributed by atoms with E-state index in [0.717, 1.165) is 5.56 Å². The molecule has 2 rings (SSSR count). The minimum atomic E-state index is -0.147. The molecule has 0 unspecified atom stereocenters. The van der Waals surface area contributed by atoms with Gasteiger partial charge in [0.15, 0.2) is 0 Å².